The number of nitrogens with zero attached hydrogens (tertiary/aromatic N) is 2. The van der Waals surface area contributed by atoms with Crippen LogP contribution in [0.2, 0.25) is 0 Å². The van der Waals surface area contributed by atoms with Gasteiger partial charge in [-0.3, -0.25) is 4.98 Å². The minimum Gasteiger partial charge on any atom is -0.371 e. The SMILES string of the molecule is [CH]1CCN(c2cccc(-c3ccncc3)c2)C1. The zero-order valence-corrected chi connectivity index (χ0v) is 9.71. The van der Waals surface area contributed by atoms with E-state index in [4.69, 9.17) is 0 Å². The molecule has 2 aromatic rings. The van der Waals surface area contributed by atoms with Gasteiger partial charge in [-0.1, -0.05) is 12.1 Å². The van der Waals surface area contributed by atoms with E-state index in [1.54, 1.807) is 0 Å². The summed E-state index contributed by atoms with van der Waals surface area (Å²) < 4.78 is 0. The van der Waals surface area contributed by atoms with E-state index < -0.39 is 0 Å². The Hall–Kier alpha value is -1.83. The predicted octanol–water partition coefficient (Wildman–Crippen LogP) is 3.16. The highest BCUT2D eigenvalue weighted by atomic mass is 15.1. The van der Waals surface area contributed by atoms with Gasteiger partial charge in [-0.15, -0.1) is 0 Å². The number of rotatable bonds is 2. The maximum absolute atomic E-state index is 4.06. The molecule has 1 radical (unpaired) electrons. The van der Waals surface area contributed by atoms with Gasteiger partial charge in [0.1, 0.15) is 0 Å². The van der Waals surface area contributed by atoms with Gasteiger partial charge >= 0.3 is 0 Å². The number of aromatic nitrogens is 1. The van der Waals surface area contributed by atoms with Crippen molar-refractivity contribution in [1.82, 2.24) is 4.98 Å². The lowest BCUT2D eigenvalue weighted by Crippen LogP contribution is -2.17. The molecule has 0 atom stereocenters. The van der Waals surface area contributed by atoms with E-state index in [1.165, 1.54) is 23.2 Å². The first-order valence-electron chi connectivity index (χ1n) is 6.00. The van der Waals surface area contributed by atoms with E-state index in [0.717, 1.165) is 13.1 Å². The lowest BCUT2D eigenvalue weighted by atomic mass is 10.1. The molecule has 2 heterocycles. The summed E-state index contributed by atoms with van der Waals surface area (Å²) in [6.45, 7) is 2.21. The van der Waals surface area contributed by atoms with Crippen LogP contribution < -0.4 is 4.90 Å². The molecule has 0 saturated carbocycles. The Labute approximate surface area is 102 Å². The summed E-state index contributed by atoms with van der Waals surface area (Å²) in [5.41, 5.74) is 3.80. The van der Waals surface area contributed by atoms with E-state index in [9.17, 15) is 0 Å². The summed E-state index contributed by atoms with van der Waals surface area (Å²) in [5.74, 6) is 0. The lowest BCUT2D eigenvalue weighted by molar-refractivity contribution is 0.968. The van der Waals surface area contributed by atoms with Gasteiger partial charge in [0, 0.05) is 31.2 Å². The van der Waals surface area contributed by atoms with Crippen LogP contribution >= 0.6 is 0 Å². The molecule has 1 aromatic carbocycles. The normalized spacial score (nSPS) is 15.2. The van der Waals surface area contributed by atoms with E-state index in [0.29, 0.717) is 0 Å². The Bertz CT molecular complexity index is 487. The molecule has 0 aliphatic carbocycles. The predicted molar refractivity (Wildman–Crippen MR) is 70.8 cm³/mol. The van der Waals surface area contributed by atoms with Gasteiger partial charge in [-0.2, -0.15) is 0 Å². The summed E-state index contributed by atoms with van der Waals surface area (Å²) >= 11 is 0. The number of hydrogen-bond donors (Lipinski definition) is 0. The second kappa shape index (κ2) is 4.58. The Morgan fingerprint density at radius 3 is 2.65 bits per heavy atom. The van der Waals surface area contributed by atoms with Gasteiger partial charge in [0.15, 0.2) is 0 Å². The zero-order chi connectivity index (χ0) is 11.5. The van der Waals surface area contributed by atoms with Gasteiger partial charge in [0.2, 0.25) is 0 Å². The maximum atomic E-state index is 4.06. The molecular weight excluding hydrogens is 208 g/mol. The van der Waals surface area contributed by atoms with Crippen LogP contribution in [0, 0.1) is 6.42 Å². The molecule has 2 nitrogen and oxygen atoms in total. The fourth-order valence-corrected chi connectivity index (χ4v) is 2.25. The molecule has 0 spiro atoms. The summed E-state index contributed by atoms with van der Waals surface area (Å²) in [6, 6.07) is 12.8. The molecule has 0 bridgehead atoms. The topological polar surface area (TPSA) is 16.1 Å². The quantitative estimate of drug-likeness (QED) is 0.777. The molecule has 1 aliphatic heterocycles. The largest absolute Gasteiger partial charge is 0.371 e. The van der Waals surface area contributed by atoms with Crippen molar-refractivity contribution in [3.63, 3.8) is 0 Å². The van der Waals surface area contributed by atoms with Crippen LogP contribution in [-0.4, -0.2) is 18.1 Å². The summed E-state index contributed by atoms with van der Waals surface area (Å²) in [7, 11) is 0. The van der Waals surface area contributed by atoms with Gasteiger partial charge < -0.3 is 4.90 Å². The fraction of sp³-hybridized carbons (Fsp3) is 0.200. The third-order valence-corrected chi connectivity index (χ3v) is 3.18. The Balaban J connectivity index is 1.94. The average Bonchev–Trinajstić information content (AvgIpc) is 2.94. The Morgan fingerprint density at radius 1 is 1.00 bits per heavy atom. The summed E-state index contributed by atoms with van der Waals surface area (Å²) in [6.07, 6.45) is 7.20. The first-order chi connectivity index (χ1) is 8.43. The van der Waals surface area contributed by atoms with Gasteiger partial charge in [-0.05, 0) is 48.2 Å². The van der Waals surface area contributed by atoms with E-state index in [-0.39, 0.29) is 0 Å². The standard InChI is InChI=1S/C15H15N2/c1-2-11-17(10-1)15-5-3-4-14(12-15)13-6-8-16-9-7-13/h1,3-9,12H,2,10-11H2. The monoisotopic (exact) mass is 223 g/mol. The highest BCUT2D eigenvalue weighted by molar-refractivity contribution is 5.68. The van der Waals surface area contributed by atoms with Crippen LogP contribution in [0.3, 0.4) is 0 Å². The van der Waals surface area contributed by atoms with Crippen LogP contribution in [-0.2, 0) is 0 Å². The first-order valence-corrected chi connectivity index (χ1v) is 6.00. The molecule has 0 N–H and O–H groups in total. The Kier molecular flexibility index (Phi) is 2.78. The van der Waals surface area contributed by atoms with Crippen molar-refractivity contribution in [2.24, 2.45) is 0 Å². The highest BCUT2D eigenvalue weighted by Gasteiger charge is 2.12. The first kappa shape index (κ1) is 10.3. The summed E-state index contributed by atoms with van der Waals surface area (Å²) in [5, 5.41) is 0. The third kappa shape index (κ3) is 2.16. The fourth-order valence-electron chi connectivity index (χ4n) is 2.25. The zero-order valence-electron chi connectivity index (χ0n) is 9.71. The number of anilines is 1. The molecule has 0 unspecified atom stereocenters. The van der Waals surface area contributed by atoms with Crippen molar-refractivity contribution >= 4 is 5.69 Å². The molecule has 3 rings (SSSR count). The van der Waals surface area contributed by atoms with E-state index >= 15 is 0 Å². The molecule has 0 amide bonds. The number of pyridine rings is 1. The second-order valence-electron chi connectivity index (χ2n) is 4.31. The molecule has 1 aromatic heterocycles. The van der Waals surface area contributed by atoms with Crippen LogP contribution in [0.1, 0.15) is 6.42 Å². The van der Waals surface area contributed by atoms with Gasteiger partial charge in [0.05, 0.1) is 0 Å². The van der Waals surface area contributed by atoms with Crippen LogP contribution in [0.15, 0.2) is 48.8 Å². The molecular formula is C15H15N2. The van der Waals surface area contributed by atoms with Crippen molar-refractivity contribution in [3.05, 3.63) is 55.2 Å². The molecule has 1 aliphatic rings. The molecule has 1 saturated heterocycles. The molecule has 17 heavy (non-hydrogen) atoms. The van der Waals surface area contributed by atoms with E-state index in [1.807, 2.05) is 12.4 Å². The van der Waals surface area contributed by atoms with Crippen molar-refractivity contribution in [2.45, 2.75) is 6.42 Å². The molecule has 2 heteroatoms. The van der Waals surface area contributed by atoms with Gasteiger partial charge in [-0.25, -0.2) is 0 Å². The van der Waals surface area contributed by atoms with Crippen LogP contribution in [0.25, 0.3) is 11.1 Å². The van der Waals surface area contributed by atoms with Crippen LogP contribution in [0.4, 0.5) is 5.69 Å². The third-order valence-electron chi connectivity index (χ3n) is 3.18. The van der Waals surface area contributed by atoms with Crippen molar-refractivity contribution < 1.29 is 0 Å². The highest BCUT2D eigenvalue weighted by Crippen LogP contribution is 2.26. The summed E-state index contributed by atoms with van der Waals surface area (Å²) in [4.78, 5) is 6.46. The van der Waals surface area contributed by atoms with Crippen molar-refractivity contribution in [1.29, 1.82) is 0 Å². The second-order valence-corrected chi connectivity index (χ2v) is 4.31. The minimum atomic E-state index is 1.07. The number of hydrogen-bond acceptors (Lipinski definition) is 2. The smallest absolute Gasteiger partial charge is 0.0372 e. The maximum Gasteiger partial charge on any atom is 0.0372 e. The minimum absolute atomic E-state index is 1.07. The van der Waals surface area contributed by atoms with Crippen LogP contribution in [0.5, 0.6) is 0 Å². The number of benzene rings is 1. The van der Waals surface area contributed by atoms with Crippen molar-refractivity contribution in [3.8, 4) is 11.1 Å². The average molecular weight is 223 g/mol. The lowest BCUT2D eigenvalue weighted by Gasteiger charge is -2.18. The molecule has 1 fully saturated rings. The Morgan fingerprint density at radius 2 is 1.88 bits per heavy atom. The van der Waals surface area contributed by atoms with Gasteiger partial charge in [0.25, 0.3) is 0 Å². The van der Waals surface area contributed by atoms with Crippen molar-refractivity contribution in [2.75, 3.05) is 18.0 Å². The van der Waals surface area contributed by atoms with E-state index in [2.05, 4.69) is 52.7 Å². The molecule has 85 valence electrons.